The van der Waals surface area contributed by atoms with Gasteiger partial charge in [-0.2, -0.15) is 0 Å². The third-order valence-corrected chi connectivity index (χ3v) is 3.56. The lowest BCUT2D eigenvalue weighted by atomic mass is 10.0. The van der Waals surface area contributed by atoms with Crippen molar-refractivity contribution >= 4 is 11.3 Å². The first-order valence-corrected chi connectivity index (χ1v) is 6.70. The number of ether oxygens (including phenoxy) is 1. The maximum absolute atomic E-state index is 9.49. The van der Waals surface area contributed by atoms with Gasteiger partial charge in [-0.05, 0) is 17.7 Å². The Balaban J connectivity index is 2.21. The number of fused-ring (bicyclic) bond motifs is 1. The van der Waals surface area contributed by atoms with Gasteiger partial charge in [0, 0.05) is 24.6 Å². The van der Waals surface area contributed by atoms with E-state index >= 15 is 0 Å². The van der Waals surface area contributed by atoms with Crippen molar-refractivity contribution in [2.45, 2.75) is 6.10 Å². The number of anilines is 1. The molecular formula is C16H17N3O2. The highest BCUT2D eigenvalue weighted by Crippen LogP contribution is 2.30. The molecule has 5 nitrogen and oxygen atoms in total. The summed E-state index contributed by atoms with van der Waals surface area (Å²) in [6.07, 6.45) is 3.28. The second-order valence-corrected chi connectivity index (χ2v) is 4.83. The van der Waals surface area contributed by atoms with Gasteiger partial charge >= 0.3 is 0 Å². The van der Waals surface area contributed by atoms with E-state index in [0.717, 1.165) is 22.5 Å². The van der Waals surface area contributed by atoms with Crippen molar-refractivity contribution in [2.24, 2.45) is 0 Å². The first-order valence-electron chi connectivity index (χ1n) is 6.70. The summed E-state index contributed by atoms with van der Waals surface area (Å²) in [6.45, 7) is -0.0770. The molecule has 1 unspecified atom stereocenters. The van der Waals surface area contributed by atoms with E-state index in [4.69, 9.17) is 10.5 Å². The van der Waals surface area contributed by atoms with Crippen LogP contribution in [0.25, 0.3) is 16.9 Å². The minimum Gasteiger partial charge on any atom is -0.398 e. The highest BCUT2D eigenvalue weighted by molar-refractivity contribution is 5.68. The fourth-order valence-electron chi connectivity index (χ4n) is 2.51. The van der Waals surface area contributed by atoms with E-state index in [1.807, 2.05) is 47.0 Å². The maximum atomic E-state index is 9.49. The first kappa shape index (κ1) is 13.6. The highest BCUT2D eigenvalue weighted by Gasteiger charge is 2.16. The number of aliphatic hydroxyl groups is 1. The van der Waals surface area contributed by atoms with Crippen LogP contribution >= 0.6 is 0 Å². The summed E-state index contributed by atoms with van der Waals surface area (Å²) in [7, 11) is 1.59. The van der Waals surface area contributed by atoms with Crippen molar-refractivity contribution in [1.29, 1.82) is 0 Å². The molecule has 0 aliphatic heterocycles. The molecule has 2 heterocycles. The number of nitrogens with zero attached hydrogens (tertiary/aromatic N) is 2. The van der Waals surface area contributed by atoms with Gasteiger partial charge in [0.2, 0.25) is 0 Å². The molecule has 0 bridgehead atoms. The van der Waals surface area contributed by atoms with E-state index in [1.54, 1.807) is 13.3 Å². The molecule has 0 spiro atoms. The number of nitrogens with two attached hydrogens (primary N) is 1. The molecule has 3 rings (SSSR count). The van der Waals surface area contributed by atoms with Crippen molar-refractivity contribution in [1.82, 2.24) is 9.38 Å². The van der Waals surface area contributed by atoms with Crippen LogP contribution in [-0.4, -0.2) is 28.2 Å². The predicted octanol–water partition coefficient (Wildman–Crippen LogP) is 2.26. The monoisotopic (exact) mass is 283 g/mol. The molecule has 21 heavy (non-hydrogen) atoms. The van der Waals surface area contributed by atoms with Gasteiger partial charge in [-0.3, -0.25) is 4.40 Å². The number of rotatable bonds is 4. The number of nitrogen functional groups attached to an aromatic ring is 1. The van der Waals surface area contributed by atoms with Crippen molar-refractivity contribution in [3.05, 3.63) is 54.4 Å². The van der Waals surface area contributed by atoms with Crippen LogP contribution in [0.15, 0.2) is 48.8 Å². The highest BCUT2D eigenvalue weighted by atomic mass is 16.5. The SMILES string of the molecule is COC(CO)c1ccccc1-c1cnc2ccc(N)cn12. The Hall–Kier alpha value is -2.37. The first-order chi connectivity index (χ1) is 10.2. The quantitative estimate of drug-likeness (QED) is 0.770. The van der Waals surface area contributed by atoms with Crippen molar-refractivity contribution in [3.63, 3.8) is 0 Å². The van der Waals surface area contributed by atoms with Gasteiger partial charge < -0.3 is 15.6 Å². The number of imidazole rings is 1. The average Bonchev–Trinajstić information content (AvgIpc) is 2.92. The molecule has 108 valence electrons. The molecule has 0 saturated heterocycles. The van der Waals surface area contributed by atoms with Crippen LogP contribution in [0.3, 0.4) is 0 Å². The molecule has 0 radical (unpaired) electrons. The van der Waals surface area contributed by atoms with Crippen molar-refractivity contribution < 1.29 is 9.84 Å². The summed E-state index contributed by atoms with van der Waals surface area (Å²) in [6, 6.07) is 11.5. The van der Waals surface area contributed by atoms with E-state index in [0.29, 0.717) is 5.69 Å². The molecule has 0 aliphatic rings. The molecule has 3 aromatic rings. The molecular weight excluding hydrogens is 266 g/mol. The summed E-state index contributed by atoms with van der Waals surface area (Å²) < 4.78 is 7.30. The van der Waals surface area contributed by atoms with Gasteiger partial charge in [0.15, 0.2) is 0 Å². The van der Waals surface area contributed by atoms with E-state index in [1.165, 1.54) is 0 Å². The number of hydrogen-bond donors (Lipinski definition) is 2. The summed E-state index contributed by atoms with van der Waals surface area (Å²) in [5.41, 5.74) is 10.2. The number of pyridine rings is 1. The zero-order chi connectivity index (χ0) is 14.8. The maximum Gasteiger partial charge on any atom is 0.137 e. The number of aromatic nitrogens is 2. The zero-order valence-electron chi connectivity index (χ0n) is 11.7. The molecule has 0 amide bonds. The normalized spacial score (nSPS) is 12.7. The van der Waals surface area contributed by atoms with Crippen LogP contribution in [0, 0.1) is 0 Å². The van der Waals surface area contributed by atoms with Crippen molar-refractivity contribution in [3.8, 4) is 11.3 Å². The lowest BCUT2D eigenvalue weighted by molar-refractivity contribution is 0.0488. The second kappa shape index (κ2) is 5.55. The second-order valence-electron chi connectivity index (χ2n) is 4.83. The fraction of sp³-hybridized carbons (Fsp3) is 0.188. The molecule has 0 saturated carbocycles. The van der Waals surface area contributed by atoms with E-state index < -0.39 is 0 Å². The van der Waals surface area contributed by atoms with Gasteiger partial charge in [0.1, 0.15) is 11.8 Å². The standard InChI is InChI=1S/C16H17N3O2/c1-21-15(10-20)13-5-3-2-4-12(13)14-8-18-16-7-6-11(17)9-19(14)16/h2-9,15,20H,10,17H2,1H3. The summed E-state index contributed by atoms with van der Waals surface area (Å²) in [5.74, 6) is 0. The Kier molecular flexibility index (Phi) is 3.60. The molecule has 0 fully saturated rings. The average molecular weight is 283 g/mol. The Bertz CT molecular complexity index is 763. The summed E-state index contributed by atoms with van der Waals surface area (Å²) >= 11 is 0. The van der Waals surface area contributed by atoms with Gasteiger partial charge in [0.25, 0.3) is 0 Å². The van der Waals surface area contributed by atoms with Gasteiger partial charge in [-0.15, -0.1) is 0 Å². The van der Waals surface area contributed by atoms with Crippen LogP contribution < -0.4 is 5.73 Å². The number of aliphatic hydroxyl groups excluding tert-OH is 1. The summed E-state index contributed by atoms with van der Waals surface area (Å²) in [4.78, 5) is 4.39. The summed E-state index contributed by atoms with van der Waals surface area (Å²) in [5, 5.41) is 9.49. The lowest BCUT2D eigenvalue weighted by Gasteiger charge is -2.17. The zero-order valence-corrected chi connectivity index (χ0v) is 11.7. The van der Waals surface area contributed by atoms with Crippen LogP contribution in [0.4, 0.5) is 5.69 Å². The van der Waals surface area contributed by atoms with Crippen LogP contribution in [0.1, 0.15) is 11.7 Å². The van der Waals surface area contributed by atoms with Crippen LogP contribution in [-0.2, 0) is 4.74 Å². The van der Waals surface area contributed by atoms with E-state index in [9.17, 15) is 5.11 Å². The molecule has 3 N–H and O–H groups in total. The third kappa shape index (κ3) is 2.37. The number of hydrogen-bond acceptors (Lipinski definition) is 4. The van der Waals surface area contributed by atoms with Gasteiger partial charge in [-0.25, -0.2) is 4.98 Å². The van der Waals surface area contributed by atoms with E-state index in [2.05, 4.69) is 4.98 Å². The molecule has 2 aromatic heterocycles. The molecule has 0 aliphatic carbocycles. The van der Waals surface area contributed by atoms with Crippen LogP contribution in [0.2, 0.25) is 0 Å². The molecule has 1 aromatic carbocycles. The predicted molar refractivity (Wildman–Crippen MR) is 81.9 cm³/mol. The largest absolute Gasteiger partial charge is 0.398 e. The Labute approximate surface area is 122 Å². The van der Waals surface area contributed by atoms with Crippen molar-refractivity contribution in [2.75, 3.05) is 19.5 Å². The smallest absolute Gasteiger partial charge is 0.137 e. The Morgan fingerprint density at radius 3 is 2.86 bits per heavy atom. The number of methoxy groups -OCH3 is 1. The third-order valence-electron chi connectivity index (χ3n) is 3.56. The minimum atomic E-state index is -0.368. The molecule has 5 heteroatoms. The van der Waals surface area contributed by atoms with Gasteiger partial charge in [-0.1, -0.05) is 24.3 Å². The fourth-order valence-corrected chi connectivity index (χ4v) is 2.51. The van der Waals surface area contributed by atoms with Crippen LogP contribution in [0.5, 0.6) is 0 Å². The van der Waals surface area contributed by atoms with Gasteiger partial charge in [0.05, 0.1) is 18.5 Å². The number of benzene rings is 1. The lowest BCUT2D eigenvalue weighted by Crippen LogP contribution is -2.08. The van der Waals surface area contributed by atoms with E-state index in [-0.39, 0.29) is 12.7 Å². The topological polar surface area (TPSA) is 72.8 Å². The molecule has 1 atom stereocenters. The Morgan fingerprint density at radius 2 is 2.10 bits per heavy atom. The Morgan fingerprint density at radius 1 is 1.29 bits per heavy atom. The minimum absolute atomic E-state index is 0.0770.